The van der Waals surface area contributed by atoms with Crippen LogP contribution in [0.1, 0.15) is 122 Å². The predicted octanol–water partition coefficient (Wildman–Crippen LogP) is 6.80. The molecule has 0 bridgehead atoms. The monoisotopic (exact) mass is 596 g/mol. The van der Waals surface area contributed by atoms with Gasteiger partial charge in [-0.1, -0.05) is 51.9 Å². The first-order valence-electron chi connectivity index (χ1n) is 14.7. The number of carboxylic acid groups (broad SMARTS) is 2. The standard InChI is InChI=1S/C25H43O.C4H6O7S.K/c1-3-5-6-7-8-9-10-11-12-13-14-15-16-17-20-24-21-18-19-22-25(24)26-23-4-2;5-3(6)1-2(4(7)8)12(9,10)11;/h18-19,21-23H,3-17,20H2,1-2H3;2H,1H2,(H,5,6)(H,7,8)(H,9,10,11);. The average molecular weight is 597 g/mol. The molecule has 2 atom stereocenters. The number of hydrogen-bond acceptors (Lipinski definition) is 5. The number of ether oxygens (including phenoxy) is 1. The van der Waals surface area contributed by atoms with Crippen LogP contribution in [-0.2, 0) is 26.1 Å². The Morgan fingerprint density at radius 1 is 0.821 bits per heavy atom. The van der Waals surface area contributed by atoms with Crippen molar-refractivity contribution in [1.29, 1.82) is 0 Å². The minimum absolute atomic E-state index is 0.495. The summed E-state index contributed by atoms with van der Waals surface area (Å²) in [5, 5.41) is 13.9. The van der Waals surface area contributed by atoms with Crippen molar-refractivity contribution in [2.75, 3.05) is 0 Å². The average Bonchev–Trinajstić information content (AvgIpc) is 2.87. The number of hydrogen-bond donors (Lipinski definition) is 3. The zero-order valence-electron chi connectivity index (χ0n) is 24.3. The molecule has 0 saturated heterocycles. The molecule has 3 N–H and O–H groups in total. The Kier molecular flexibility index (Phi) is 23.8. The second-order valence-corrected chi connectivity index (χ2v) is 13.8. The number of rotatable bonds is 22. The summed E-state index contributed by atoms with van der Waals surface area (Å²) in [6.07, 6.45) is 21.1. The molecule has 1 rings (SSSR count). The first-order valence-corrected chi connectivity index (χ1v) is 18.0. The number of para-hydroxylation sites is 1. The SMILES string of the molecule is CCCCCCCCCCCCCCCCc1ccccc1O[CH]([K])CC.O=C(O)CC(C(=O)O)S(=O)(=O)O. The summed E-state index contributed by atoms with van der Waals surface area (Å²) in [4.78, 5) is 20.0. The summed E-state index contributed by atoms with van der Waals surface area (Å²) in [5.74, 6) is -2.35. The van der Waals surface area contributed by atoms with Crippen LogP contribution in [0.2, 0.25) is 0 Å². The molecule has 0 aromatic heterocycles. The Hall–Kier alpha value is -0.494. The van der Waals surface area contributed by atoms with E-state index < -0.39 is 33.7 Å². The zero-order chi connectivity index (χ0) is 29.5. The Morgan fingerprint density at radius 2 is 1.28 bits per heavy atom. The van der Waals surface area contributed by atoms with Gasteiger partial charge in [-0.15, -0.1) is 0 Å². The van der Waals surface area contributed by atoms with Gasteiger partial charge in [0, 0.05) is 0 Å². The molecular formula is C29H49KO8S. The third-order valence-electron chi connectivity index (χ3n) is 6.67. The van der Waals surface area contributed by atoms with Gasteiger partial charge in [-0.05, 0) is 0 Å². The molecule has 1 aromatic rings. The van der Waals surface area contributed by atoms with Crippen molar-refractivity contribution in [3.8, 4) is 5.75 Å². The van der Waals surface area contributed by atoms with Crippen LogP contribution >= 0.6 is 0 Å². The van der Waals surface area contributed by atoms with Crippen molar-refractivity contribution in [2.45, 2.75) is 128 Å². The molecule has 220 valence electrons. The van der Waals surface area contributed by atoms with Gasteiger partial charge in [0.05, 0.1) is 6.42 Å². The van der Waals surface area contributed by atoms with E-state index in [1.165, 1.54) is 102 Å². The van der Waals surface area contributed by atoms with Crippen molar-refractivity contribution in [3.05, 3.63) is 29.8 Å². The maximum Gasteiger partial charge on any atom is 0.325 e. The third kappa shape index (κ3) is 21.9. The normalized spacial score (nSPS) is 12.7. The fourth-order valence-electron chi connectivity index (χ4n) is 4.11. The first-order chi connectivity index (χ1) is 18.5. The smallest absolute Gasteiger partial charge is 0.325 e. The summed E-state index contributed by atoms with van der Waals surface area (Å²) in [7, 11) is -4.84. The van der Waals surface area contributed by atoms with Gasteiger partial charge in [-0.2, -0.15) is 8.42 Å². The number of aliphatic carboxylic acids is 2. The molecule has 10 heteroatoms. The van der Waals surface area contributed by atoms with E-state index >= 15 is 0 Å². The molecular weight excluding hydrogens is 547 g/mol. The van der Waals surface area contributed by atoms with Gasteiger partial charge in [0.15, 0.2) is 5.25 Å². The molecule has 8 nitrogen and oxygen atoms in total. The van der Waals surface area contributed by atoms with Crippen LogP contribution < -0.4 is 4.74 Å². The topological polar surface area (TPSA) is 138 Å². The van der Waals surface area contributed by atoms with Crippen LogP contribution in [-0.4, -0.2) is 89.5 Å². The largest absolute Gasteiger partial charge is 0.481 e. The molecule has 0 heterocycles. The van der Waals surface area contributed by atoms with Crippen LogP contribution in [0.25, 0.3) is 0 Å². The molecule has 0 amide bonds. The molecule has 2 unspecified atom stereocenters. The van der Waals surface area contributed by atoms with E-state index in [0.29, 0.717) is 0.199 Å². The summed E-state index contributed by atoms with van der Waals surface area (Å²) in [6, 6.07) is 8.68. The number of carboxylic acids is 2. The number of aryl methyl sites for hydroxylation is 1. The van der Waals surface area contributed by atoms with Crippen molar-refractivity contribution in [3.63, 3.8) is 0 Å². The van der Waals surface area contributed by atoms with Crippen molar-refractivity contribution in [1.82, 2.24) is 0 Å². The van der Waals surface area contributed by atoms with E-state index in [1.54, 1.807) is 0 Å². The van der Waals surface area contributed by atoms with Gasteiger partial charge < -0.3 is 10.2 Å². The quantitative estimate of drug-likeness (QED) is 0.0755. The van der Waals surface area contributed by atoms with Gasteiger partial charge in [0.2, 0.25) is 0 Å². The van der Waals surface area contributed by atoms with Crippen LogP contribution in [0.4, 0.5) is 0 Å². The fraction of sp³-hybridized carbons (Fsp3) is 0.724. The van der Waals surface area contributed by atoms with Gasteiger partial charge in [0.1, 0.15) is 0 Å². The molecule has 0 aliphatic rings. The number of unbranched alkanes of at least 4 members (excludes halogenated alkanes) is 13. The van der Waals surface area contributed by atoms with Crippen LogP contribution in [0.5, 0.6) is 5.75 Å². The number of benzene rings is 1. The van der Waals surface area contributed by atoms with Gasteiger partial charge >= 0.3 is 166 Å². The van der Waals surface area contributed by atoms with Gasteiger partial charge in [-0.25, -0.2) is 0 Å². The molecule has 39 heavy (non-hydrogen) atoms. The maximum absolute atomic E-state index is 10.2. The predicted molar refractivity (Wildman–Crippen MR) is 156 cm³/mol. The summed E-state index contributed by atoms with van der Waals surface area (Å²) < 4.78 is 35.3. The molecule has 0 saturated carbocycles. The maximum atomic E-state index is 10.2. The van der Waals surface area contributed by atoms with E-state index in [4.69, 9.17) is 19.5 Å². The summed E-state index contributed by atoms with van der Waals surface area (Å²) >= 11 is 0.740. The second-order valence-electron chi connectivity index (χ2n) is 10.2. The molecule has 0 aliphatic heterocycles. The van der Waals surface area contributed by atoms with Crippen molar-refractivity contribution in [2.24, 2.45) is 0 Å². The Bertz CT molecular complexity index is 891. The second kappa shape index (κ2) is 24.1. The summed E-state index contributed by atoms with van der Waals surface area (Å²) in [6.45, 7) is 4.52. The van der Waals surface area contributed by atoms with Crippen LogP contribution in [0.15, 0.2) is 24.3 Å². The van der Waals surface area contributed by atoms with E-state index in [0.717, 1.165) is 61.1 Å². The molecule has 0 radical (unpaired) electrons. The minimum atomic E-state index is -4.84. The fourth-order valence-corrected chi connectivity index (χ4v) is 5.12. The van der Waals surface area contributed by atoms with Gasteiger partial charge in [0.25, 0.3) is 10.1 Å². The Balaban J connectivity index is 0.00000101. The molecule has 0 aliphatic carbocycles. The van der Waals surface area contributed by atoms with E-state index in [2.05, 4.69) is 38.1 Å². The number of carbonyl (C=O) groups is 2. The van der Waals surface area contributed by atoms with E-state index in [-0.39, 0.29) is 0 Å². The van der Waals surface area contributed by atoms with Crippen molar-refractivity contribution >= 4 is 71.0 Å². The minimum Gasteiger partial charge on any atom is -0.481 e. The van der Waals surface area contributed by atoms with Crippen LogP contribution in [0, 0.1) is 0 Å². The molecule has 0 spiro atoms. The van der Waals surface area contributed by atoms with E-state index in [1.807, 2.05) is 0 Å². The first kappa shape index (κ1) is 38.5. The third-order valence-corrected chi connectivity index (χ3v) is 9.40. The van der Waals surface area contributed by atoms with Crippen molar-refractivity contribution < 1.29 is 37.5 Å². The Labute approximate surface area is 270 Å². The Morgan fingerprint density at radius 3 is 1.67 bits per heavy atom. The molecule has 0 fully saturated rings. The van der Waals surface area contributed by atoms with Gasteiger partial charge in [-0.3, -0.25) is 14.1 Å². The van der Waals surface area contributed by atoms with E-state index in [9.17, 15) is 18.0 Å². The molecule has 1 aromatic carbocycles. The van der Waals surface area contributed by atoms with Crippen LogP contribution in [0.3, 0.4) is 0 Å². The summed E-state index contributed by atoms with van der Waals surface area (Å²) in [5.41, 5.74) is 1.42. The zero-order valence-corrected chi connectivity index (χ0v) is 28.2.